The third-order valence-corrected chi connectivity index (χ3v) is 2.46. The van der Waals surface area contributed by atoms with Crippen molar-refractivity contribution >= 4 is 23.7 Å². The maximum atomic E-state index is 3.40. The first-order chi connectivity index (χ1) is 5.43. The van der Waals surface area contributed by atoms with Crippen LogP contribution < -0.4 is 5.32 Å². The zero-order valence-corrected chi connectivity index (χ0v) is 9.01. The van der Waals surface area contributed by atoms with Crippen LogP contribution in [0.5, 0.6) is 0 Å². The molecule has 0 bridgehead atoms. The van der Waals surface area contributed by atoms with Crippen LogP contribution in [0.3, 0.4) is 0 Å². The first kappa shape index (κ1) is 11.9. The molecule has 1 N–H and O–H groups in total. The topological polar surface area (TPSA) is 12.0 Å². The molecule has 0 unspecified atom stereocenters. The smallest absolute Gasteiger partial charge is 0.0299 e. The van der Waals surface area contributed by atoms with E-state index in [4.69, 9.17) is 0 Å². The number of halogens is 1. The average Bonchev–Trinajstić information content (AvgIpc) is 2.50. The van der Waals surface area contributed by atoms with Crippen molar-refractivity contribution < 1.29 is 0 Å². The number of thiophene rings is 1. The summed E-state index contributed by atoms with van der Waals surface area (Å²) in [7, 11) is 0. The normalized spacial score (nSPS) is 9.42. The Labute approximate surface area is 84.6 Å². The highest BCUT2D eigenvalue weighted by Crippen LogP contribution is 2.07. The molecule has 1 aromatic heterocycles. The van der Waals surface area contributed by atoms with Crippen LogP contribution in [0.2, 0.25) is 0 Å². The van der Waals surface area contributed by atoms with Gasteiger partial charge in [-0.15, -0.1) is 23.7 Å². The van der Waals surface area contributed by atoms with Crippen molar-refractivity contribution in [2.24, 2.45) is 0 Å². The van der Waals surface area contributed by atoms with Gasteiger partial charge in [0.2, 0.25) is 0 Å². The second-order valence-corrected chi connectivity index (χ2v) is 3.64. The van der Waals surface area contributed by atoms with Crippen molar-refractivity contribution in [2.45, 2.75) is 26.3 Å². The van der Waals surface area contributed by atoms with Gasteiger partial charge in [0.25, 0.3) is 0 Å². The fraction of sp³-hybridized carbons (Fsp3) is 0.556. The average molecular weight is 206 g/mol. The molecule has 0 saturated carbocycles. The van der Waals surface area contributed by atoms with E-state index in [1.54, 1.807) is 0 Å². The van der Waals surface area contributed by atoms with Gasteiger partial charge in [-0.3, -0.25) is 0 Å². The lowest BCUT2D eigenvalue weighted by Gasteiger charge is -1.99. The maximum absolute atomic E-state index is 3.40. The molecule has 1 heterocycles. The third kappa shape index (κ3) is 4.75. The van der Waals surface area contributed by atoms with Gasteiger partial charge in [0.15, 0.2) is 0 Å². The Bertz CT molecular complexity index is 175. The highest BCUT2D eigenvalue weighted by Gasteiger charge is 1.90. The Hall–Kier alpha value is -0.0500. The van der Waals surface area contributed by atoms with Crippen LogP contribution in [0, 0.1) is 0 Å². The van der Waals surface area contributed by atoms with E-state index < -0.39 is 0 Å². The van der Waals surface area contributed by atoms with Crippen molar-refractivity contribution in [2.75, 3.05) is 6.54 Å². The minimum atomic E-state index is 0. The van der Waals surface area contributed by atoms with E-state index in [2.05, 4.69) is 29.8 Å². The van der Waals surface area contributed by atoms with Crippen molar-refractivity contribution in [1.82, 2.24) is 5.32 Å². The standard InChI is InChI=1S/C9H15NS.ClH/c1-2-3-6-10-8-9-5-4-7-11-9;/h4-5,7,10H,2-3,6,8H2,1H3;1H. The summed E-state index contributed by atoms with van der Waals surface area (Å²) in [6, 6.07) is 4.27. The Kier molecular flexibility index (Phi) is 7.56. The minimum Gasteiger partial charge on any atom is -0.312 e. The largest absolute Gasteiger partial charge is 0.312 e. The van der Waals surface area contributed by atoms with Gasteiger partial charge in [-0.1, -0.05) is 19.4 Å². The van der Waals surface area contributed by atoms with Gasteiger partial charge < -0.3 is 5.32 Å². The molecule has 0 spiro atoms. The van der Waals surface area contributed by atoms with Gasteiger partial charge in [-0.05, 0) is 24.4 Å². The van der Waals surface area contributed by atoms with Crippen LogP contribution in [0.25, 0.3) is 0 Å². The molecule has 1 rings (SSSR count). The summed E-state index contributed by atoms with van der Waals surface area (Å²) in [4.78, 5) is 1.43. The molecule has 70 valence electrons. The summed E-state index contributed by atoms with van der Waals surface area (Å²) in [5, 5.41) is 5.52. The summed E-state index contributed by atoms with van der Waals surface area (Å²) in [6.07, 6.45) is 2.56. The molecule has 1 nitrogen and oxygen atoms in total. The lowest BCUT2D eigenvalue weighted by Crippen LogP contribution is -2.13. The zero-order chi connectivity index (χ0) is 7.94. The van der Waals surface area contributed by atoms with E-state index in [1.807, 2.05) is 11.3 Å². The molecule has 0 fully saturated rings. The molecule has 3 heteroatoms. The van der Waals surface area contributed by atoms with E-state index in [1.165, 1.54) is 17.7 Å². The molecule has 1 aromatic rings. The van der Waals surface area contributed by atoms with Gasteiger partial charge >= 0.3 is 0 Å². The summed E-state index contributed by atoms with van der Waals surface area (Å²) < 4.78 is 0. The van der Waals surface area contributed by atoms with Gasteiger partial charge in [0.1, 0.15) is 0 Å². The fourth-order valence-corrected chi connectivity index (χ4v) is 1.60. The van der Waals surface area contributed by atoms with Crippen LogP contribution >= 0.6 is 23.7 Å². The summed E-state index contributed by atoms with van der Waals surface area (Å²) >= 11 is 1.82. The number of unbranched alkanes of at least 4 members (excludes halogenated alkanes) is 1. The highest BCUT2D eigenvalue weighted by molar-refractivity contribution is 7.09. The lowest BCUT2D eigenvalue weighted by molar-refractivity contribution is 0.646. The molecule has 0 radical (unpaired) electrons. The van der Waals surface area contributed by atoms with E-state index in [0.29, 0.717) is 0 Å². The number of rotatable bonds is 5. The highest BCUT2D eigenvalue weighted by atomic mass is 35.5. The first-order valence-corrected chi connectivity index (χ1v) is 5.04. The second kappa shape index (κ2) is 7.59. The molecule has 0 atom stereocenters. The Balaban J connectivity index is 0.00000121. The van der Waals surface area contributed by atoms with Gasteiger partial charge in [0, 0.05) is 11.4 Å². The van der Waals surface area contributed by atoms with Gasteiger partial charge in [-0.2, -0.15) is 0 Å². The summed E-state index contributed by atoms with van der Waals surface area (Å²) in [5.74, 6) is 0. The molecular weight excluding hydrogens is 190 g/mol. The molecule has 0 aliphatic rings. The second-order valence-electron chi connectivity index (χ2n) is 2.61. The fourth-order valence-electron chi connectivity index (χ4n) is 0.927. The molecule has 0 aliphatic heterocycles. The molecule has 0 aliphatic carbocycles. The number of hydrogen-bond acceptors (Lipinski definition) is 2. The van der Waals surface area contributed by atoms with E-state index in [9.17, 15) is 0 Å². The predicted octanol–water partition coefficient (Wildman–Crippen LogP) is 3.06. The minimum absolute atomic E-state index is 0. The Morgan fingerprint density at radius 1 is 1.50 bits per heavy atom. The molecular formula is C9H16ClNS. The predicted molar refractivity (Wildman–Crippen MR) is 58.2 cm³/mol. The van der Waals surface area contributed by atoms with Crippen molar-refractivity contribution in [1.29, 1.82) is 0 Å². The van der Waals surface area contributed by atoms with E-state index >= 15 is 0 Å². The maximum Gasteiger partial charge on any atom is 0.0299 e. The van der Waals surface area contributed by atoms with Crippen LogP contribution in [-0.4, -0.2) is 6.54 Å². The van der Waals surface area contributed by atoms with E-state index in [0.717, 1.165) is 13.1 Å². The summed E-state index contributed by atoms with van der Waals surface area (Å²) in [6.45, 7) is 4.40. The zero-order valence-electron chi connectivity index (χ0n) is 7.38. The molecule has 0 aromatic carbocycles. The van der Waals surface area contributed by atoms with Crippen molar-refractivity contribution in [3.05, 3.63) is 22.4 Å². The van der Waals surface area contributed by atoms with Crippen LogP contribution in [0.1, 0.15) is 24.6 Å². The lowest BCUT2D eigenvalue weighted by atomic mass is 10.3. The van der Waals surface area contributed by atoms with Gasteiger partial charge in [-0.25, -0.2) is 0 Å². The van der Waals surface area contributed by atoms with Crippen LogP contribution in [-0.2, 0) is 6.54 Å². The molecule has 0 saturated heterocycles. The summed E-state index contributed by atoms with van der Waals surface area (Å²) in [5.41, 5.74) is 0. The molecule has 12 heavy (non-hydrogen) atoms. The monoisotopic (exact) mass is 205 g/mol. The van der Waals surface area contributed by atoms with Crippen molar-refractivity contribution in [3.63, 3.8) is 0 Å². The molecule has 0 amide bonds. The third-order valence-electron chi connectivity index (χ3n) is 1.59. The quantitative estimate of drug-likeness (QED) is 0.729. The Morgan fingerprint density at radius 3 is 2.92 bits per heavy atom. The SMILES string of the molecule is CCCCNCc1cccs1.Cl. The van der Waals surface area contributed by atoms with Crippen LogP contribution in [0.15, 0.2) is 17.5 Å². The van der Waals surface area contributed by atoms with Crippen LogP contribution in [0.4, 0.5) is 0 Å². The van der Waals surface area contributed by atoms with Gasteiger partial charge in [0.05, 0.1) is 0 Å². The Morgan fingerprint density at radius 2 is 2.33 bits per heavy atom. The van der Waals surface area contributed by atoms with Crippen molar-refractivity contribution in [3.8, 4) is 0 Å². The van der Waals surface area contributed by atoms with E-state index in [-0.39, 0.29) is 12.4 Å². The first-order valence-electron chi connectivity index (χ1n) is 4.16. The number of hydrogen-bond donors (Lipinski definition) is 1. The number of nitrogens with one attached hydrogen (secondary N) is 1.